The number of amides is 1. The topological polar surface area (TPSA) is 56.8 Å². The molecule has 0 bridgehead atoms. The summed E-state index contributed by atoms with van der Waals surface area (Å²) in [7, 11) is 0. The third-order valence-corrected chi connectivity index (χ3v) is 5.66. The summed E-state index contributed by atoms with van der Waals surface area (Å²) >= 11 is 6.28. The Morgan fingerprint density at radius 2 is 1.80 bits per heavy atom. The molecule has 1 N–H and O–H groups in total. The Kier molecular flexibility index (Phi) is 7.76. The molecule has 7 heteroatoms. The van der Waals surface area contributed by atoms with E-state index in [4.69, 9.17) is 26.4 Å². The molecule has 0 aromatic heterocycles. The second kappa shape index (κ2) is 10.5. The average Bonchev–Trinajstić information content (AvgIpc) is 3.02. The number of hydrogen-bond acceptors (Lipinski definition) is 6. The number of carbonyl (C=O) groups is 1. The second-order valence-corrected chi connectivity index (χ2v) is 8.51. The summed E-state index contributed by atoms with van der Waals surface area (Å²) in [5.41, 5.74) is 3.32. The summed E-state index contributed by atoms with van der Waals surface area (Å²) in [6.07, 6.45) is 2.54. The monoisotopic (exact) mass is 443 g/mol. The Labute approximate surface area is 186 Å². The number of nitrogens with one attached hydrogen (secondary N) is 1. The fourth-order valence-electron chi connectivity index (χ4n) is 2.81. The highest BCUT2D eigenvalue weighted by atomic mass is 32.2. The molecule has 1 fully saturated rings. The van der Waals surface area contributed by atoms with Crippen LogP contribution in [0.2, 0.25) is 0 Å². The van der Waals surface area contributed by atoms with Gasteiger partial charge in [-0.15, -0.1) is 0 Å². The van der Waals surface area contributed by atoms with Crippen molar-refractivity contribution in [1.82, 2.24) is 5.32 Å². The molecule has 0 unspecified atom stereocenters. The first kappa shape index (κ1) is 22.2. The zero-order valence-corrected chi connectivity index (χ0v) is 19.0. The average molecular weight is 444 g/mol. The smallest absolute Gasteiger partial charge is 0.263 e. The van der Waals surface area contributed by atoms with Crippen molar-refractivity contribution >= 4 is 40.3 Å². The third-order valence-electron chi connectivity index (χ3n) is 4.50. The maximum atomic E-state index is 11.9. The lowest BCUT2D eigenvalue weighted by Gasteiger charge is -2.13. The number of hydrogen-bond donors (Lipinski definition) is 1. The van der Waals surface area contributed by atoms with Crippen LogP contribution in [-0.2, 0) is 4.79 Å². The molecule has 1 aliphatic heterocycles. The van der Waals surface area contributed by atoms with Crippen LogP contribution in [0.3, 0.4) is 0 Å². The number of benzene rings is 2. The molecule has 3 rings (SSSR count). The Balaban J connectivity index is 1.56. The van der Waals surface area contributed by atoms with Gasteiger partial charge in [-0.3, -0.25) is 4.79 Å². The summed E-state index contributed by atoms with van der Waals surface area (Å²) in [6, 6.07) is 11.7. The van der Waals surface area contributed by atoms with E-state index in [1.54, 1.807) is 6.08 Å². The predicted molar refractivity (Wildman–Crippen MR) is 125 cm³/mol. The van der Waals surface area contributed by atoms with Crippen molar-refractivity contribution in [2.75, 3.05) is 19.8 Å². The molecular weight excluding hydrogens is 418 g/mol. The van der Waals surface area contributed by atoms with Gasteiger partial charge in [0.15, 0.2) is 11.5 Å². The van der Waals surface area contributed by atoms with Crippen LogP contribution in [0.5, 0.6) is 17.2 Å². The highest BCUT2D eigenvalue weighted by molar-refractivity contribution is 8.26. The number of carbonyl (C=O) groups excluding carboxylic acids is 1. The molecule has 5 nitrogen and oxygen atoms in total. The molecule has 1 aliphatic rings. The van der Waals surface area contributed by atoms with Gasteiger partial charge in [-0.25, -0.2) is 0 Å². The fraction of sp³-hybridized carbons (Fsp3) is 0.304. The van der Waals surface area contributed by atoms with Gasteiger partial charge in [0.2, 0.25) is 0 Å². The van der Waals surface area contributed by atoms with Gasteiger partial charge in [-0.2, -0.15) is 0 Å². The summed E-state index contributed by atoms with van der Waals surface area (Å²) in [6.45, 7) is 7.68. The maximum Gasteiger partial charge on any atom is 0.263 e. The van der Waals surface area contributed by atoms with Gasteiger partial charge < -0.3 is 19.5 Å². The highest BCUT2D eigenvalue weighted by Crippen LogP contribution is 2.32. The van der Waals surface area contributed by atoms with Crippen LogP contribution in [-0.4, -0.2) is 30.0 Å². The minimum atomic E-state index is -0.174. The SMILES string of the molecule is CCOc1cc(C=C2SC(=S)NC2=O)ccc1OCCCOc1ccc(C)c(C)c1. The van der Waals surface area contributed by atoms with Crippen LogP contribution in [0.4, 0.5) is 0 Å². The van der Waals surface area contributed by atoms with E-state index in [0.717, 1.165) is 17.7 Å². The molecule has 0 aliphatic carbocycles. The molecular formula is C23H25NO4S2. The number of thioether (sulfide) groups is 1. The van der Waals surface area contributed by atoms with Gasteiger partial charge in [0.05, 0.1) is 24.7 Å². The standard InChI is InChI=1S/C23H25NO4S2/c1-4-26-20-13-17(14-21-22(25)24-23(29)30-21)7-9-19(20)28-11-5-10-27-18-8-6-15(2)16(3)12-18/h6-9,12-14H,4-5,10-11H2,1-3H3,(H,24,25,29). The number of aryl methyl sites for hydroxylation is 2. The largest absolute Gasteiger partial charge is 0.493 e. The van der Waals surface area contributed by atoms with E-state index in [1.165, 1.54) is 22.9 Å². The van der Waals surface area contributed by atoms with Crippen LogP contribution in [0.25, 0.3) is 6.08 Å². The molecule has 2 aromatic carbocycles. The Hall–Kier alpha value is -2.51. The second-order valence-electron chi connectivity index (χ2n) is 6.79. The molecule has 0 saturated carbocycles. The van der Waals surface area contributed by atoms with Crippen LogP contribution < -0.4 is 19.5 Å². The molecule has 0 atom stereocenters. The zero-order chi connectivity index (χ0) is 21.5. The third kappa shape index (κ3) is 6.00. The molecule has 1 amide bonds. The van der Waals surface area contributed by atoms with Gasteiger partial charge >= 0.3 is 0 Å². The van der Waals surface area contributed by atoms with Crippen molar-refractivity contribution in [3.05, 3.63) is 58.0 Å². The Bertz CT molecular complexity index is 972. The van der Waals surface area contributed by atoms with E-state index in [2.05, 4.69) is 25.2 Å². The highest BCUT2D eigenvalue weighted by Gasteiger charge is 2.22. The van der Waals surface area contributed by atoms with Gasteiger partial charge in [0, 0.05) is 6.42 Å². The number of thiocarbonyl (C=S) groups is 1. The van der Waals surface area contributed by atoms with Crippen molar-refractivity contribution in [3.8, 4) is 17.2 Å². The fourth-order valence-corrected chi connectivity index (χ4v) is 3.85. The van der Waals surface area contributed by atoms with E-state index in [-0.39, 0.29) is 5.91 Å². The van der Waals surface area contributed by atoms with Crippen molar-refractivity contribution in [3.63, 3.8) is 0 Å². The lowest BCUT2D eigenvalue weighted by molar-refractivity contribution is -0.115. The minimum absolute atomic E-state index is 0.174. The van der Waals surface area contributed by atoms with E-state index in [9.17, 15) is 4.79 Å². The van der Waals surface area contributed by atoms with Gasteiger partial charge in [-0.05, 0) is 67.8 Å². The minimum Gasteiger partial charge on any atom is -0.493 e. The molecule has 30 heavy (non-hydrogen) atoms. The molecule has 0 spiro atoms. The number of rotatable bonds is 9. The summed E-state index contributed by atoms with van der Waals surface area (Å²) in [4.78, 5) is 12.4. The van der Waals surface area contributed by atoms with Crippen molar-refractivity contribution in [1.29, 1.82) is 0 Å². The van der Waals surface area contributed by atoms with Gasteiger partial charge in [-0.1, -0.05) is 36.1 Å². The van der Waals surface area contributed by atoms with Crippen LogP contribution in [0.15, 0.2) is 41.3 Å². The first-order valence-electron chi connectivity index (χ1n) is 9.81. The van der Waals surface area contributed by atoms with Crippen molar-refractivity contribution in [2.45, 2.75) is 27.2 Å². The van der Waals surface area contributed by atoms with Crippen LogP contribution >= 0.6 is 24.0 Å². The predicted octanol–water partition coefficient (Wildman–Crippen LogP) is 5.04. The van der Waals surface area contributed by atoms with E-state index < -0.39 is 0 Å². The number of ether oxygens (including phenoxy) is 3. The van der Waals surface area contributed by atoms with E-state index in [1.807, 2.05) is 37.3 Å². The first-order chi connectivity index (χ1) is 14.5. The Morgan fingerprint density at radius 3 is 2.50 bits per heavy atom. The Morgan fingerprint density at radius 1 is 1.00 bits per heavy atom. The lowest BCUT2D eigenvalue weighted by atomic mass is 10.1. The van der Waals surface area contributed by atoms with Crippen molar-refractivity contribution < 1.29 is 19.0 Å². The van der Waals surface area contributed by atoms with Gasteiger partial charge in [0.1, 0.15) is 10.1 Å². The molecule has 158 valence electrons. The molecule has 1 heterocycles. The normalized spacial score (nSPS) is 14.7. The van der Waals surface area contributed by atoms with Crippen molar-refractivity contribution in [2.24, 2.45) is 0 Å². The summed E-state index contributed by atoms with van der Waals surface area (Å²) < 4.78 is 17.9. The van der Waals surface area contributed by atoms with E-state index in [0.29, 0.717) is 40.5 Å². The van der Waals surface area contributed by atoms with Crippen LogP contribution in [0.1, 0.15) is 30.0 Å². The summed E-state index contributed by atoms with van der Waals surface area (Å²) in [5.74, 6) is 2.02. The molecule has 0 radical (unpaired) electrons. The maximum absolute atomic E-state index is 11.9. The van der Waals surface area contributed by atoms with Gasteiger partial charge in [0.25, 0.3) is 5.91 Å². The quantitative estimate of drug-likeness (QED) is 0.333. The lowest BCUT2D eigenvalue weighted by Crippen LogP contribution is -2.17. The van der Waals surface area contributed by atoms with Crippen LogP contribution in [0, 0.1) is 13.8 Å². The molecule has 1 saturated heterocycles. The molecule has 2 aromatic rings. The zero-order valence-electron chi connectivity index (χ0n) is 17.3. The first-order valence-corrected chi connectivity index (χ1v) is 11.0. The summed E-state index contributed by atoms with van der Waals surface area (Å²) in [5, 5.41) is 2.62. The van der Waals surface area contributed by atoms with E-state index >= 15 is 0 Å².